The van der Waals surface area contributed by atoms with Crippen molar-refractivity contribution in [2.24, 2.45) is 0 Å². The third-order valence-corrected chi connectivity index (χ3v) is 4.72. The zero-order chi connectivity index (χ0) is 18.7. The number of imidazole rings is 1. The fraction of sp³-hybridized carbons (Fsp3) is 0.450. The van der Waals surface area contributed by atoms with E-state index in [4.69, 9.17) is 14.5 Å². The molecule has 3 rings (SSSR count). The molecule has 0 aliphatic rings. The zero-order valence-electron chi connectivity index (χ0n) is 16.1. The highest BCUT2D eigenvalue weighted by Crippen LogP contribution is 2.32. The van der Waals surface area contributed by atoms with E-state index in [-0.39, 0.29) is 6.04 Å². The molecule has 0 bridgehead atoms. The Morgan fingerprint density at radius 3 is 2.54 bits per heavy atom. The average molecular weight is 354 g/mol. The van der Waals surface area contributed by atoms with Gasteiger partial charge in [0.05, 0.1) is 36.7 Å². The molecule has 3 heterocycles. The average Bonchev–Trinajstić information content (AvgIpc) is 3.04. The molecule has 0 fully saturated rings. The number of aryl methyl sites for hydroxylation is 2. The maximum atomic E-state index is 5.44. The first-order valence-electron chi connectivity index (χ1n) is 9.01. The third kappa shape index (κ3) is 3.17. The van der Waals surface area contributed by atoms with Crippen LogP contribution in [0.3, 0.4) is 0 Å². The van der Waals surface area contributed by atoms with Crippen LogP contribution < -0.4 is 4.74 Å². The fourth-order valence-electron chi connectivity index (χ4n) is 3.39. The van der Waals surface area contributed by atoms with Crippen LogP contribution in [0.4, 0.5) is 0 Å². The number of methoxy groups -OCH3 is 2. The van der Waals surface area contributed by atoms with Crippen molar-refractivity contribution in [3.8, 4) is 17.1 Å². The zero-order valence-corrected chi connectivity index (χ0v) is 16.1. The van der Waals surface area contributed by atoms with Crippen LogP contribution in [0.15, 0.2) is 24.4 Å². The van der Waals surface area contributed by atoms with Crippen LogP contribution in [-0.2, 0) is 11.2 Å². The van der Waals surface area contributed by atoms with Crippen LogP contribution in [0.25, 0.3) is 22.3 Å². The first kappa shape index (κ1) is 18.3. The molecular weight excluding hydrogens is 328 g/mol. The first-order valence-corrected chi connectivity index (χ1v) is 9.01. The maximum absolute atomic E-state index is 5.44. The Balaban J connectivity index is 2.22. The summed E-state index contributed by atoms with van der Waals surface area (Å²) in [5.41, 5.74) is 4.71. The molecule has 0 amide bonds. The number of aromatic nitrogens is 4. The molecule has 3 aromatic heterocycles. The smallest absolute Gasteiger partial charge is 0.213 e. The highest BCUT2D eigenvalue weighted by atomic mass is 16.5. The molecule has 3 aromatic rings. The summed E-state index contributed by atoms with van der Waals surface area (Å²) in [7, 11) is 3.36. The van der Waals surface area contributed by atoms with Crippen molar-refractivity contribution in [1.82, 2.24) is 19.5 Å². The topological polar surface area (TPSA) is 62.1 Å². The summed E-state index contributed by atoms with van der Waals surface area (Å²) < 4.78 is 13.0. The molecule has 6 heteroatoms. The van der Waals surface area contributed by atoms with Gasteiger partial charge in [-0.15, -0.1) is 0 Å². The molecule has 0 aliphatic carbocycles. The Bertz CT molecular complexity index is 904. The third-order valence-electron chi connectivity index (χ3n) is 4.72. The molecule has 1 atom stereocenters. The Morgan fingerprint density at radius 1 is 1.12 bits per heavy atom. The van der Waals surface area contributed by atoms with E-state index in [9.17, 15) is 0 Å². The minimum Gasteiger partial charge on any atom is -0.481 e. The number of fused-ring (bicyclic) bond motifs is 1. The van der Waals surface area contributed by atoms with E-state index in [1.54, 1.807) is 14.2 Å². The number of pyridine rings is 2. The number of hydrogen-bond acceptors (Lipinski definition) is 5. The number of nitrogens with zero attached hydrogens (tertiary/aromatic N) is 4. The molecule has 0 aromatic carbocycles. The highest BCUT2D eigenvalue weighted by molar-refractivity contribution is 5.90. The highest BCUT2D eigenvalue weighted by Gasteiger charge is 2.20. The van der Waals surface area contributed by atoms with Crippen LogP contribution in [0.1, 0.15) is 37.8 Å². The summed E-state index contributed by atoms with van der Waals surface area (Å²) in [4.78, 5) is 14.0. The van der Waals surface area contributed by atoms with Gasteiger partial charge in [0.2, 0.25) is 5.88 Å². The van der Waals surface area contributed by atoms with Crippen molar-refractivity contribution < 1.29 is 9.47 Å². The maximum Gasteiger partial charge on any atom is 0.213 e. The molecule has 0 radical (unpaired) electrons. The Hall–Kier alpha value is -2.47. The van der Waals surface area contributed by atoms with Gasteiger partial charge in [-0.25, -0.2) is 9.97 Å². The fourth-order valence-corrected chi connectivity index (χ4v) is 3.39. The van der Waals surface area contributed by atoms with Crippen molar-refractivity contribution in [2.75, 3.05) is 20.8 Å². The molecule has 0 aliphatic heterocycles. The summed E-state index contributed by atoms with van der Waals surface area (Å²) in [6.45, 7) is 6.94. The quantitative estimate of drug-likeness (QED) is 0.642. The van der Waals surface area contributed by atoms with Crippen molar-refractivity contribution in [3.63, 3.8) is 0 Å². The Labute approximate surface area is 154 Å². The lowest BCUT2D eigenvalue weighted by atomic mass is 10.1. The van der Waals surface area contributed by atoms with Gasteiger partial charge in [0.25, 0.3) is 0 Å². The molecule has 0 spiro atoms. The SMILES string of the molecule is CCc1nc2c(-c3ccc(OC)nc3C)nccc2n1C(CC)COC. The summed E-state index contributed by atoms with van der Waals surface area (Å²) in [6, 6.07) is 6.15. The predicted octanol–water partition coefficient (Wildman–Crippen LogP) is 3.97. The van der Waals surface area contributed by atoms with E-state index in [1.165, 1.54) is 0 Å². The van der Waals surface area contributed by atoms with E-state index in [2.05, 4.69) is 28.4 Å². The lowest BCUT2D eigenvalue weighted by Gasteiger charge is -2.19. The Morgan fingerprint density at radius 2 is 1.92 bits per heavy atom. The Kier molecular flexibility index (Phi) is 5.52. The monoisotopic (exact) mass is 354 g/mol. The van der Waals surface area contributed by atoms with Gasteiger partial charge in [-0.05, 0) is 25.5 Å². The number of hydrogen-bond donors (Lipinski definition) is 0. The van der Waals surface area contributed by atoms with Crippen LogP contribution in [0.2, 0.25) is 0 Å². The van der Waals surface area contributed by atoms with Crippen LogP contribution in [0.5, 0.6) is 5.88 Å². The number of rotatable bonds is 7. The van der Waals surface area contributed by atoms with E-state index < -0.39 is 0 Å². The summed E-state index contributed by atoms with van der Waals surface area (Å²) >= 11 is 0. The van der Waals surface area contributed by atoms with Gasteiger partial charge in [0.1, 0.15) is 11.3 Å². The van der Waals surface area contributed by atoms with Crippen molar-refractivity contribution in [3.05, 3.63) is 35.9 Å². The largest absolute Gasteiger partial charge is 0.481 e. The second-order valence-corrected chi connectivity index (χ2v) is 6.28. The van der Waals surface area contributed by atoms with Crippen LogP contribution >= 0.6 is 0 Å². The van der Waals surface area contributed by atoms with E-state index >= 15 is 0 Å². The van der Waals surface area contributed by atoms with Crippen molar-refractivity contribution in [2.45, 2.75) is 39.7 Å². The minimum absolute atomic E-state index is 0.255. The summed E-state index contributed by atoms with van der Waals surface area (Å²) in [5.74, 6) is 1.65. The second-order valence-electron chi connectivity index (χ2n) is 6.28. The molecule has 0 N–H and O–H groups in total. The summed E-state index contributed by atoms with van der Waals surface area (Å²) in [5, 5.41) is 0. The van der Waals surface area contributed by atoms with E-state index in [0.717, 1.165) is 46.7 Å². The minimum atomic E-state index is 0.255. The molecule has 6 nitrogen and oxygen atoms in total. The lowest BCUT2D eigenvalue weighted by Crippen LogP contribution is -2.16. The normalized spacial score (nSPS) is 12.5. The van der Waals surface area contributed by atoms with Gasteiger partial charge in [-0.2, -0.15) is 0 Å². The second kappa shape index (κ2) is 7.83. The summed E-state index contributed by atoms with van der Waals surface area (Å²) in [6.07, 6.45) is 3.68. The molecule has 0 saturated carbocycles. The van der Waals surface area contributed by atoms with Gasteiger partial charge >= 0.3 is 0 Å². The van der Waals surface area contributed by atoms with E-state index in [0.29, 0.717) is 12.5 Å². The van der Waals surface area contributed by atoms with Gasteiger partial charge in [0, 0.05) is 31.4 Å². The van der Waals surface area contributed by atoms with Gasteiger partial charge < -0.3 is 14.0 Å². The van der Waals surface area contributed by atoms with Crippen LogP contribution in [-0.4, -0.2) is 40.3 Å². The van der Waals surface area contributed by atoms with Gasteiger partial charge in [0.15, 0.2) is 0 Å². The predicted molar refractivity (Wildman–Crippen MR) is 103 cm³/mol. The molecule has 0 saturated heterocycles. The number of ether oxygens (including phenoxy) is 2. The standard InChI is InChI=1S/C20H26N4O2/c1-6-14(12-25-4)24-16-10-11-21-19(20(16)23-17(24)7-2)15-8-9-18(26-5)22-13(15)3/h8-11,14H,6-7,12H2,1-5H3. The molecular formula is C20H26N4O2. The van der Waals surface area contributed by atoms with Crippen LogP contribution in [0, 0.1) is 6.92 Å². The van der Waals surface area contributed by atoms with E-state index in [1.807, 2.05) is 31.3 Å². The molecule has 1 unspecified atom stereocenters. The first-order chi connectivity index (χ1) is 12.6. The molecule has 26 heavy (non-hydrogen) atoms. The van der Waals surface area contributed by atoms with Crippen molar-refractivity contribution in [1.29, 1.82) is 0 Å². The van der Waals surface area contributed by atoms with Crippen molar-refractivity contribution >= 4 is 11.0 Å². The van der Waals surface area contributed by atoms with Gasteiger partial charge in [-0.3, -0.25) is 4.98 Å². The molecule has 138 valence electrons. The van der Waals surface area contributed by atoms with Gasteiger partial charge in [-0.1, -0.05) is 13.8 Å². The lowest BCUT2D eigenvalue weighted by molar-refractivity contribution is 0.153.